The highest BCUT2D eigenvalue weighted by Gasteiger charge is 2.41. The summed E-state index contributed by atoms with van der Waals surface area (Å²) in [6.07, 6.45) is 5.17. The number of rotatable bonds is 10. The minimum absolute atomic E-state index is 0. The van der Waals surface area contributed by atoms with Crippen molar-refractivity contribution < 1.29 is 19.7 Å². The van der Waals surface area contributed by atoms with Gasteiger partial charge >= 0.3 is 6.09 Å². The zero-order valence-corrected chi connectivity index (χ0v) is 40.6. The fourth-order valence-corrected chi connectivity index (χ4v) is 15.8. The molecular weight excluding hydrogens is 829 g/mol. The fourth-order valence-electron chi connectivity index (χ4n) is 8.26. The lowest BCUT2D eigenvalue weighted by atomic mass is 9.98. The summed E-state index contributed by atoms with van der Waals surface area (Å²) in [6.45, 7) is 12.0. The van der Waals surface area contributed by atoms with Crippen molar-refractivity contribution in [3.63, 3.8) is 0 Å². The van der Waals surface area contributed by atoms with Crippen LogP contribution in [0.5, 0.6) is 0 Å². The van der Waals surface area contributed by atoms with Crippen LogP contribution in [0.1, 0.15) is 66.7 Å². The maximum atomic E-state index is 12.8. The lowest BCUT2D eigenvalue weighted by Crippen LogP contribution is -2.60. The number of likely N-dealkylation sites (tertiary alicyclic amines) is 1. The van der Waals surface area contributed by atoms with Gasteiger partial charge in [-0.15, -0.1) is 0 Å². The first-order chi connectivity index (χ1) is 25.4. The summed E-state index contributed by atoms with van der Waals surface area (Å²) in [5, 5.41) is 31.3. The van der Waals surface area contributed by atoms with Gasteiger partial charge in [0.05, 0.1) is 18.2 Å². The van der Waals surface area contributed by atoms with Gasteiger partial charge in [0, 0.05) is 12.6 Å². The van der Waals surface area contributed by atoms with E-state index in [1.807, 2.05) is 32.9 Å². The number of hydrogen-bond donors (Lipinski definition) is 3. The zero-order chi connectivity index (χ0) is 37.9. The van der Waals surface area contributed by atoms with Gasteiger partial charge in [-0.1, -0.05) is 169 Å². The molecule has 4 aromatic carbocycles. The van der Waals surface area contributed by atoms with Crippen LogP contribution in [-0.2, 0) is 4.74 Å². The van der Waals surface area contributed by atoms with Crippen LogP contribution in [0.15, 0.2) is 121 Å². The van der Waals surface area contributed by atoms with Crippen molar-refractivity contribution in [2.45, 2.75) is 122 Å². The first-order valence-electron chi connectivity index (χ1n) is 19.7. The van der Waals surface area contributed by atoms with Crippen molar-refractivity contribution in [1.82, 2.24) is 10.2 Å². The molecule has 6 nitrogen and oxygen atoms in total. The van der Waals surface area contributed by atoms with Crippen LogP contribution in [0.4, 0.5) is 4.79 Å². The summed E-state index contributed by atoms with van der Waals surface area (Å²) in [7, 11) is -4.13. The van der Waals surface area contributed by atoms with Gasteiger partial charge in [0.1, 0.15) is 21.7 Å². The van der Waals surface area contributed by atoms with E-state index in [1.165, 1.54) is 33.6 Å². The summed E-state index contributed by atoms with van der Waals surface area (Å²) >= 11 is 0. The third kappa shape index (κ3) is 15.1. The quantitative estimate of drug-likeness (QED) is 0.144. The predicted molar refractivity (Wildman–Crippen MR) is 274 cm³/mol. The summed E-state index contributed by atoms with van der Waals surface area (Å²) in [5.74, 6) is 0. The number of carbonyl (C=O) groups excluding carboxylic acids is 1. The molecule has 2 aliphatic heterocycles. The van der Waals surface area contributed by atoms with E-state index in [9.17, 15) is 15.0 Å². The summed E-state index contributed by atoms with van der Waals surface area (Å²) in [5.41, 5.74) is -0.540. The van der Waals surface area contributed by atoms with Crippen LogP contribution in [0, 0.1) is 0 Å². The first-order valence-corrected chi connectivity index (χ1v) is 25.1. The second-order valence-electron chi connectivity index (χ2n) is 16.5. The summed E-state index contributed by atoms with van der Waals surface area (Å²) in [6, 6.07) is 44.2. The summed E-state index contributed by atoms with van der Waals surface area (Å²) in [4.78, 5) is 14.6. The Bertz CT molecular complexity index is 1610. The highest BCUT2D eigenvalue weighted by molar-refractivity contribution is 7.59. The van der Waals surface area contributed by atoms with E-state index in [4.69, 9.17) is 4.74 Å². The highest BCUT2D eigenvalue weighted by atomic mass is 32.1. The number of nitrogens with one attached hydrogen (secondary N) is 1. The van der Waals surface area contributed by atoms with E-state index in [0.717, 1.165) is 38.3 Å². The van der Waals surface area contributed by atoms with Gasteiger partial charge in [-0.3, -0.25) is 0 Å². The Morgan fingerprint density at radius 2 is 1.03 bits per heavy atom. The molecule has 4 aromatic rings. The maximum Gasteiger partial charge on any atom is 0.410 e. The number of hydrogen-bond acceptors (Lipinski definition) is 5. The number of amides is 1. The Hall–Kier alpha value is -2.14. The SMILES string of the molecule is C.CC(C)(C)OC(=O)N1CCCC[C@H]1[C@H](O)C[Si](C)(c1ccccc1)c1ccccc1.C[Si](C[C@@H](O)[C@@H]1CCCCN1)(c1ccccc1)c1ccccc1.S.S.S.S. The fraction of sp³-hybridized carbons (Fsp3) is 0.457. The van der Waals surface area contributed by atoms with Crippen LogP contribution in [0.2, 0.25) is 25.2 Å². The molecule has 2 heterocycles. The second-order valence-corrected chi connectivity index (χ2v) is 24.9. The van der Waals surface area contributed by atoms with Crippen molar-refractivity contribution in [2.24, 2.45) is 0 Å². The number of nitrogens with zero attached hydrogens (tertiary/aromatic N) is 1. The van der Waals surface area contributed by atoms with E-state index >= 15 is 0 Å². The van der Waals surface area contributed by atoms with Gasteiger partial charge in [-0.05, 0) is 71.5 Å². The average Bonchev–Trinajstić information content (AvgIpc) is 3.19. The standard InChI is InChI=1S/C25H35NO3Si.C20H27NOSi.CH4.4H2S/c1-25(2,3)29-24(28)26-18-12-11-17-22(26)23(27)19-30(4,20-13-7-5-8-14-20)21-15-9-6-10-16-21;1-23(17-10-4-2-5-11-17,18-12-6-3-7-13-18)16-20(22)19-14-8-9-15-21-19;;;;;/h5-10,13-16,22-23,27H,11-12,17-19H2,1-4H3;2-7,10-13,19-22H,8-9,14-16H2,1H3;1H4;4*1H2/t22-,23+;19-,20+;;;;;/m00...../s1. The smallest absolute Gasteiger partial charge is 0.410 e. The molecule has 0 unspecified atom stereocenters. The molecule has 0 saturated carbocycles. The van der Waals surface area contributed by atoms with Crippen LogP contribution in [0.25, 0.3) is 0 Å². The van der Waals surface area contributed by atoms with Crippen molar-refractivity contribution in [2.75, 3.05) is 13.1 Å². The Kier molecular flexibility index (Phi) is 25.3. The minimum atomic E-state index is -2.19. The lowest BCUT2D eigenvalue weighted by molar-refractivity contribution is -0.0126. The van der Waals surface area contributed by atoms with Gasteiger partial charge in [-0.25, -0.2) is 4.79 Å². The third-order valence-corrected chi connectivity index (χ3v) is 20.2. The number of ether oxygens (including phenoxy) is 1. The van der Waals surface area contributed by atoms with E-state index < -0.39 is 27.9 Å². The number of piperidine rings is 2. The molecule has 2 fully saturated rings. The van der Waals surface area contributed by atoms with Crippen molar-refractivity contribution >= 4 is 97.0 Å². The van der Waals surface area contributed by atoms with Gasteiger partial charge in [0.25, 0.3) is 0 Å². The topological polar surface area (TPSA) is 82.0 Å². The van der Waals surface area contributed by atoms with Crippen LogP contribution in [-0.4, -0.2) is 80.3 Å². The molecule has 1 amide bonds. The van der Waals surface area contributed by atoms with Crippen molar-refractivity contribution in [1.29, 1.82) is 0 Å². The largest absolute Gasteiger partial charge is 0.444 e. The zero-order valence-electron chi connectivity index (χ0n) is 34.6. The molecule has 0 aliphatic carbocycles. The Balaban J connectivity index is 0.00000106. The number of carbonyl (C=O) groups is 1. The molecule has 0 bridgehead atoms. The molecule has 12 heteroatoms. The number of aliphatic hydroxyl groups is 2. The molecule has 0 spiro atoms. The molecule has 0 radical (unpaired) electrons. The van der Waals surface area contributed by atoms with Crippen molar-refractivity contribution in [3.05, 3.63) is 121 Å². The molecule has 324 valence electrons. The van der Waals surface area contributed by atoms with E-state index in [-0.39, 0.29) is 85.7 Å². The molecular formula is C46H74N2O4S4Si2. The number of aliphatic hydroxyl groups excluding tert-OH is 2. The molecule has 2 aliphatic rings. The van der Waals surface area contributed by atoms with E-state index in [2.05, 4.69) is 128 Å². The Labute approximate surface area is 380 Å². The lowest BCUT2D eigenvalue weighted by Gasteiger charge is -2.41. The molecule has 4 atom stereocenters. The van der Waals surface area contributed by atoms with Gasteiger partial charge < -0.3 is 25.2 Å². The normalized spacial score (nSPS) is 17.7. The number of benzene rings is 4. The van der Waals surface area contributed by atoms with Crippen LogP contribution < -0.4 is 26.1 Å². The molecule has 0 aromatic heterocycles. The molecule has 3 N–H and O–H groups in total. The Morgan fingerprint density at radius 1 is 0.655 bits per heavy atom. The molecule has 6 rings (SSSR count). The maximum absolute atomic E-state index is 12.8. The van der Waals surface area contributed by atoms with Gasteiger partial charge in [0.2, 0.25) is 0 Å². The van der Waals surface area contributed by atoms with Crippen LogP contribution in [0.3, 0.4) is 0 Å². The highest BCUT2D eigenvalue weighted by Crippen LogP contribution is 2.27. The third-order valence-electron chi connectivity index (χ3n) is 11.3. The second kappa shape index (κ2) is 26.3. The van der Waals surface area contributed by atoms with Gasteiger partial charge in [-0.2, -0.15) is 54.0 Å². The first kappa shape index (κ1) is 55.9. The van der Waals surface area contributed by atoms with Crippen molar-refractivity contribution in [3.8, 4) is 0 Å². The molecule has 58 heavy (non-hydrogen) atoms. The summed E-state index contributed by atoms with van der Waals surface area (Å²) < 4.78 is 5.64. The van der Waals surface area contributed by atoms with E-state index in [1.54, 1.807) is 4.90 Å². The Morgan fingerprint density at radius 3 is 1.40 bits per heavy atom. The molecule has 2 saturated heterocycles. The van der Waals surface area contributed by atoms with Crippen LogP contribution >= 0.6 is 54.0 Å². The average molecular weight is 904 g/mol. The monoisotopic (exact) mass is 902 g/mol. The minimum Gasteiger partial charge on any atom is -0.444 e. The predicted octanol–water partition coefficient (Wildman–Crippen LogP) is 7.50. The van der Waals surface area contributed by atoms with E-state index in [0.29, 0.717) is 12.6 Å². The van der Waals surface area contributed by atoms with Gasteiger partial charge in [0.15, 0.2) is 0 Å².